The standard InChI is InChI=1S/C23H18ClFIN3O2/c1-2-15(30)16-17-20(31)19(26)23(27-13-9-5-3-6-10-13)29(14-11-7-4-8-12-14)22(17)28-21(24)18(16)25/h3-12,15,27,30H,2H2,1H3. The van der Waals surface area contributed by atoms with Gasteiger partial charge in [-0.3, -0.25) is 9.36 Å². The Bertz CT molecular complexity index is 1310. The van der Waals surface area contributed by atoms with Gasteiger partial charge in [0.25, 0.3) is 0 Å². The lowest BCUT2D eigenvalue weighted by Gasteiger charge is -2.22. The average Bonchev–Trinajstić information content (AvgIpc) is 2.79. The minimum absolute atomic E-state index is 0.0168. The van der Waals surface area contributed by atoms with Crippen LogP contribution in [-0.4, -0.2) is 14.7 Å². The molecule has 2 aromatic carbocycles. The maximum atomic E-state index is 14.9. The number of aliphatic hydroxyl groups is 1. The molecular weight excluding hydrogens is 532 g/mol. The third kappa shape index (κ3) is 3.93. The number of fused-ring (bicyclic) bond motifs is 1. The van der Waals surface area contributed by atoms with E-state index in [2.05, 4.69) is 10.3 Å². The Morgan fingerprint density at radius 3 is 2.39 bits per heavy atom. The molecule has 1 atom stereocenters. The molecule has 8 heteroatoms. The van der Waals surface area contributed by atoms with E-state index in [1.165, 1.54) is 0 Å². The van der Waals surface area contributed by atoms with Crippen LogP contribution < -0.4 is 10.7 Å². The predicted molar refractivity (Wildman–Crippen MR) is 130 cm³/mol. The van der Waals surface area contributed by atoms with E-state index < -0.39 is 22.5 Å². The summed E-state index contributed by atoms with van der Waals surface area (Å²) in [7, 11) is 0. The SMILES string of the molecule is CCC(O)c1c(F)c(Cl)nc2c1c(=O)c(I)c(Nc1ccccc1)n2-c1ccccc1. The highest BCUT2D eigenvalue weighted by molar-refractivity contribution is 14.1. The number of halogens is 3. The number of hydrogen-bond donors (Lipinski definition) is 2. The molecule has 0 aliphatic carbocycles. The number of aromatic nitrogens is 2. The van der Waals surface area contributed by atoms with Crippen LogP contribution in [0.2, 0.25) is 5.15 Å². The van der Waals surface area contributed by atoms with Crippen molar-refractivity contribution < 1.29 is 9.50 Å². The zero-order chi connectivity index (χ0) is 22.1. The van der Waals surface area contributed by atoms with E-state index in [0.717, 1.165) is 5.69 Å². The van der Waals surface area contributed by atoms with Crippen molar-refractivity contribution in [3.63, 3.8) is 0 Å². The summed E-state index contributed by atoms with van der Waals surface area (Å²) in [6.07, 6.45) is -0.971. The first-order chi connectivity index (χ1) is 14.9. The van der Waals surface area contributed by atoms with Crippen LogP contribution in [0.4, 0.5) is 15.9 Å². The Morgan fingerprint density at radius 2 is 1.77 bits per heavy atom. The molecule has 4 rings (SSSR count). The number of anilines is 2. The van der Waals surface area contributed by atoms with E-state index in [9.17, 15) is 14.3 Å². The fourth-order valence-electron chi connectivity index (χ4n) is 3.46. The van der Waals surface area contributed by atoms with Crippen molar-refractivity contribution in [1.29, 1.82) is 0 Å². The van der Waals surface area contributed by atoms with Crippen molar-refractivity contribution in [3.05, 3.63) is 91.0 Å². The zero-order valence-electron chi connectivity index (χ0n) is 16.4. The minimum Gasteiger partial charge on any atom is -0.388 e. The summed E-state index contributed by atoms with van der Waals surface area (Å²) in [4.78, 5) is 17.6. The van der Waals surface area contributed by atoms with Gasteiger partial charge in [-0.25, -0.2) is 9.37 Å². The van der Waals surface area contributed by atoms with Crippen LogP contribution in [-0.2, 0) is 0 Å². The molecule has 0 radical (unpaired) electrons. The molecule has 0 saturated heterocycles. The number of nitrogens with one attached hydrogen (secondary N) is 1. The zero-order valence-corrected chi connectivity index (χ0v) is 19.4. The lowest BCUT2D eigenvalue weighted by atomic mass is 10.0. The highest BCUT2D eigenvalue weighted by Crippen LogP contribution is 2.34. The highest BCUT2D eigenvalue weighted by Gasteiger charge is 2.27. The molecule has 0 fully saturated rings. The van der Waals surface area contributed by atoms with Crippen LogP contribution >= 0.6 is 34.2 Å². The lowest BCUT2D eigenvalue weighted by molar-refractivity contribution is 0.170. The van der Waals surface area contributed by atoms with Gasteiger partial charge < -0.3 is 10.4 Å². The average molecular weight is 550 g/mol. The molecule has 4 aromatic rings. The second-order valence-electron chi connectivity index (χ2n) is 6.91. The van der Waals surface area contributed by atoms with Gasteiger partial charge in [-0.05, 0) is 53.3 Å². The van der Waals surface area contributed by atoms with Crippen molar-refractivity contribution in [2.75, 3.05) is 5.32 Å². The minimum atomic E-state index is -1.19. The van der Waals surface area contributed by atoms with Gasteiger partial charge in [0.2, 0.25) is 5.43 Å². The van der Waals surface area contributed by atoms with Crippen molar-refractivity contribution >= 4 is 56.7 Å². The Hall–Kier alpha value is -2.49. The molecule has 5 nitrogen and oxygen atoms in total. The summed E-state index contributed by atoms with van der Waals surface area (Å²) in [5, 5.41) is 13.4. The maximum Gasteiger partial charge on any atom is 0.207 e. The lowest BCUT2D eigenvalue weighted by Crippen LogP contribution is -2.21. The quantitative estimate of drug-likeness (QED) is 0.238. The summed E-state index contributed by atoms with van der Waals surface area (Å²) in [6.45, 7) is 1.70. The van der Waals surface area contributed by atoms with Crippen molar-refractivity contribution in [1.82, 2.24) is 9.55 Å². The van der Waals surface area contributed by atoms with Crippen LogP contribution in [0, 0.1) is 9.39 Å². The molecule has 0 amide bonds. The van der Waals surface area contributed by atoms with Gasteiger partial charge in [-0.15, -0.1) is 0 Å². The normalized spacial score (nSPS) is 12.2. The van der Waals surface area contributed by atoms with Crippen molar-refractivity contribution in [3.8, 4) is 5.69 Å². The fourth-order valence-corrected chi connectivity index (χ4v) is 4.29. The van der Waals surface area contributed by atoms with Crippen LogP contribution in [0.15, 0.2) is 65.5 Å². The second kappa shape index (κ2) is 8.94. The van der Waals surface area contributed by atoms with Crippen molar-refractivity contribution in [2.45, 2.75) is 19.4 Å². The van der Waals surface area contributed by atoms with Crippen LogP contribution in [0.25, 0.3) is 16.7 Å². The fraction of sp³-hybridized carbons (Fsp3) is 0.130. The summed E-state index contributed by atoms with van der Waals surface area (Å²) in [5.74, 6) is -0.401. The van der Waals surface area contributed by atoms with E-state index in [1.54, 1.807) is 11.5 Å². The Morgan fingerprint density at radius 1 is 1.16 bits per heavy atom. The van der Waals surface area contributed by atoms with Crippen LogP contribution in [0.1, 0.15) is 25.0 Å². The molecule has 31 heavy (non-hydrogen) atoms. The van der Waals surface area contributed by atoms with Crippen LogP contribution in [0.5, 0.6) is 0 Å². The van der Waals surface area contributed by atoms with E-state index in [0.29, 0.717) is 15.1 Å². The Labute approximate surface area is 196 Å². The molecule has 2 N–H and O–H groups in total. The molecule has 0 spiro atoms. The van der Waals surface area contributed by atoms with Gasteiger partial charge in [-0.1, -0.05) is 54.9 Å². The number of rotatable bonds is 5. The van der Waals surface area contributed by atoms with Gasteiger partial charge in [0.05, 0.1) is 11.5 Å². The van der Waals surface area contributed by atoms with E-state index in [4.69, 9.17) is 11.6 Å². The van der Waals surface area contributed by atoms with Gasteiger partial charge in [0.15, 0.2) is 16.6 Å². The molecule has 0 saturated carbocycles. The molecular formula is C23H18ClFIN3O2. The monoisotopic (exact) mass is 549 g/mol. The van der Waals surface area contributed by atoms with E-state index in [1.807, 2.05) is 83.3 Å². The number of aliphatic hydroxyl groups excluding tert-OH is 1. The van der Waals surface area contributed by atoms with Crippen molar-refractivity contribution in [2.24, 2.45) is 0 Å². The molecule has 0 bridgehead atoms. The summed E-state index contributed by atoms with van der Waals surface area (Å²) < 4.78 is 17.0. The van der Waals surface area contributed by atoms with Gasteiger partial charge in [0.1, 0.15) is 9.39 Å². The number of nitrogens with zero attached hydrogens (tertiary/aromatic N) is 2. The number of para-hydroxylation sites is 2. The topological polar surface area (TPSA) is 67.2 Å². The largest absolute Gasteiger partial charge is 0.388 e. The third-order valence-electron chi connectivity index (χ3n) is 4.96. The number of pyridine rings is 2. The first-order valence-electron chi connectivity index (χ1n) is 9.62. The van der Waals surface area contributed by atoms with E-state index in [-0.39, 0.29) is 23.0 Å². The Balaban J connectivity index is 2.17. The Kier molecular flexibility index (Phi) is 6.27. The molecule has 0 aliphatic heterocycles. The van der Waals surface area contributed by atoms with E-state index >= 15 is 0 Å². The van der Waals surface area contributed by atoms with Gasteiger partial charge in [-0.2, -0.15) is 0 Å². The summed E-state index contributed by atoms with van der Waals surface area (Å²) in [6, 6.07) is 18.7. The first-order valence-corrected chi connectivity index (χ1v) is 11.1. The second-order valence-corrected chi connectivity index (χ2v) is 8.34. The van der Waals surface area contributed by atoms with Crippen LogP contribution in [0.3, 0.4) is 0 Å². The van der Waals surface area contributed by atoms with Gasteiger partial charge in [0, 0.05) is 16.9 Å². The summed E-state index contributed by atoms with van der Waals surface area (Å²) >= 11 is 8.07. The molecule has 2 aromatic heterocycles. The molecule has 0 aliphatic rings. The number of hydrogen-bond acceptors (Lipinski definition) is 4. The highest BCUT2D eigenvalue weighted by atomic mass is 127. The molecule has 158 valence electrons. The molecule has 2 heterocycles. The summed E-state index contributed by atoms with van der Waals surface area (Å²) in [5.41, 5.74) is 1.09. The smallest absolute Gasteiger partial charge is 0.207 e. The number of benzene rings is 2. The predicted octanol–water partition coefficient (Wildman–Crippen LogP) is 5.97. The first kappa shape index (κ1) is 21.7. The van der Waals surface area contributed by atoms with Gasteiger partial charge >= 0.3 is 0 Å². The maximum absolute atomic E-state index is 14.9. The molecule has 1 unspecified atom stereocenters. The third-order valence-corrected chi connectivity index (χ3v) is 6.21.